The number of hydrogen-bond acceptors (Lipinski definition) is 4. The molecule has 0 N–H and O–H groups in total. The third-order valence-corrected chi connectivity index (χ3v) is 11.6. The van der Waals surface area contributed by atoms with Crippen molar-refractivity contribution in [2.24, 2.45) is 0 Å². The molecule has 0 aromatic rings. The number of rotatable bonds is 27. The van der Waals surface area contributed by atoms with Gasteiger partial charge in [-0.05, 0) is 76.5 Å². The molecule has 33 heavy (non-hydrogen) atoms. The highest BCUT2D eigenvalue weighted by Crippen LogP contribution is 2.39. The molecule has 1 unspecified atom stereocenters. The molecule has 0 aromatic carbocycles. The first-order chi connectivity index (χ1) is 16.2. The summed E-state index contributed by atoms with van der Waals surface area (Å²) in [5.74, 6) is 0. The number of ether oxygens (including phenoxy) is 3. The fourth-order valence-electron chi connectivity index (χ4n) is 4.05. The second-order valence-corrected chi connectivity index (χ2v) is 14.4. The van der Waals surface area contributed by atoms with Crippen LogP contribution in [0.2, 0.25) is 0 Å². The molecule has 0 saturated carbocycles. The Bertz CT molecular complexity index is 367. The van der Waals surface area contributed by atoms with Gasteiger partial charge in [-0.1, -0.05) is 39.5 Å². The average Bonchev–Trinajstić information content (AvgIpc) is 2.82. The minimum absolute atomic E-state index is 0.0734. The predicted molar refractivity (Wildman–Crippen MR) is 153 cm³/mol. The van der Waals surface area contributed by atoms with Crippen LogP contribution in [0.25, 0.3) is 0 Å². The quantitative estimate of drug-likeness (QED) is 0.0874. The van der Waals surface area contributed by atoms with Crippen LogP contribution < -0.4 is 0 Å². The summed E-state index contributed by atoms with van der Waals surface area (Å²) in [6, 6.07) is 0. The summed E-state index contributed by atoms with van der Waals surface area (Å²) in [6.07, 6.45) is 19.3. The number of unbranched alkanes of at least 4 members (excludes halogenated alkanes) is 4. The molecule has 0 amide bonds. The van der Waals surface area contributed by atoms with Gasteiger partial charge in [-0.25, -0.2) is 0 Å². The summed E-state index contributed by atoms with van der Waals surface area (Å²) in [5, 5.41) is 0. The van der Waals surface area contributed by atoms with Crippen LogP contribution in [-0.4, -0.2) is 102 Å². The van der Waals surface area contributed by atoms with Gasteiger partial charge in [-0.15, -0.1) is 15.8 Å². The van der Waals surface area contributed by atoms with Crippen molar-refractivity contribution < 1.29 is 14.2 Å². The second-order valence-electron chi connectivity index (χ2n) is 9.03. The normalized spacial score (nSPS) is 12.8. The third-order valence-electron chi connectivity index (χ3n) is 6.17. The van der Waals surface area contributed by atoms with Gasteiger partial charge in [0.25, 0.3) is 0 Å². The largest absolute Gasteiger partial charge is 0.385 e. The lowest BCUT2D eigenvalue weighted by Gasteiger charge is -2.28. The van der Waals surface area contributed by atoms with E-state index in [2.05, 4.69) is 32.6 Å². The van der Waals surface area contributed by atoms with E-state index in [1.165, 1.54) is 101 Å². The molecule has 0 bridgehead atoms. The zero-order chi connectivity index (χ0) is 24.4. The SMILES string of the molecule is CCCCCP(CCCCC)CCN(CCOCC)CCP(CCCOC)CCCOCC. The lowest BCUT2D eigenvalue weighted by molar-refractivity contribution is 0.118. The summed E-state index contributed by atoms with van der Waals surface area (Å²) in [6.45, 7) is 16.9. The Labute approximate surface area is 210 Å². The lowest BCUT2D eigenvalue weighted by atomic mass is 10.3. The zero-order valence-electron chi connectivity index (χ0n) is 23.1. The van der Waals surface area contributed by atoms with Gasteiger partial charge < -0.3 is 19.1 Å². The summed E-state index contributed by atoms with van der Waals surface area (Å²) < 4.78 is 16.7. The van der Waals surface area contributed by atoms with E-state index in [1.807, 2.05) is 7.11 Å². The van der Waals surface area contributed by atoms with Gasteiger partial charge in [0.15, 0.2) is 0 Å². The van der Waals surface area contributed by atoms with Crippen molar-refractivity contribution in [3.05, 3.63) is 0 Å². The molecular weight excluding hydrogens is 448 g/mol. The van der Waals surface area contributed by atoms with Crippen molar-refractivity contribution in [2.45, 2.75) is 79.1 Å². The first kappa shape index (κ1) is 33.7. The minimum atomic E-state index is 0.0734. The van der Waals surface area contributed by atoms with Crippen LogP contribution in [0.4, 0.5) is 0 Å². The summed E-state index contributed by atoms with van der Waals surface area (Å²) >= 11 is 0. The van der Waals surface area contributed by atoms with E-state index in [0.717, 1.165) is 39.6 Å². The summed E-state index contributed by atoms with van der Waals surface area (Å²) in [4.78, 5) is 2.73. The van der Waals surface area contributed by atoms with Crippen LogP contribution in [0, 0.1) is 0 Å². The Morgan fingerprint density at radius 2 is 1.00 bits per heavy atom. The molecule has 200 valence electrons. The van der Waals surface area contributed by atoms with E-state index in [0.29, 0.717) is 0 Å². The van der Waals surface area contributed by atoms with Crippen LogP contribution in [0.1, 0.15) is 79.1 Å². The van der Waals surface area contributed by atoms with Gasteiger partial charge in [0.05, 0.1) is 6.61 Å². The molecule has 0 heterocycles. The first-order valence-corrected chi connectivity index (χ1v) is 17.8. The molecule has 1 atom stereocenters. The van der Waals surface area contributed by atoms with Crippen LogP contribution in [0.3, 0.4) is 0 Å². The third kappa shape index (κ3) is 22.9. The maximum atomic E-state index is 5.74. The fraction of sp³-hybridized carbons (Fsp3) is 1.00. The zero-order valence-corrected chi connectivity index (χ0v) is 24.9. The van der Waals surface area contributed by atoms with Crippen LogP contribution in [0.15, 0.2) is 0 Å². The van der Waals surface area contributed by atoms with E-state index in [-0.39, 0.29) is 15.8 Å². The van der Waals surface area contributed by atoms with Crippen LogP contribution in [-0.2, 0) is 14.2 Å². The number of nitrogens with zero attached hydrogens (tertiary/aromatic N) is 1. The van der Waals surface area contributed by atoms with E-state index in [4.69, 9.17) is 14.2 Å². The van der Waals surface area contributed by atoms with Gasteiger partial charge in [0, 0.05) is 53.2 Å². The Kier molecular flexibility index (Phi) is 27.9. The van der Waals surface area contributed by atoms with Crippen molar-refractivity contribution in [3.63, 3.8) is 0 Å². The van der Waals surface area contributed by atoms with Crippen molar-refractivity contribution >= 4 is 15.8 Å². The summed E-state index contributed by atoms with van der Waals surface area (Å²) in [5.41, 5.74) is 0. The maximum Gasteiger partial charge on any atom is 0.0593 e. The van der Waals surface area contributed by atoms with E-state index in [9.17, 15) is 0 Å². The molecule has 0 spiro atoms. The number of hydrogen-bond donors (Lipinski definition) is 0. The van der Waals surface area contributed by atoms with Gasteiger partial charge in [0.2, 0.25) is 0 Å². The summed E-state index contributed by atoms with van der Waals surface area (Å²) in [7, 11) is 2.10. The molecule has 0 saturated heterocycles. The molecule has 0 aromatic heterocycles. The van der Waals surface area contributed by atoms with E-state index in [1.54, 1.807) is 0 Å². The van der Waals surface area contributed by atoms with E-state index < -0.39 is 0 Å². The predicted octanol–water partition coefficient (Wildman–Crippen LogP) is 7.13. The van der Waals surface area contributed by atoms with Gasteiger partial charge >= 0.3 is 0 Å². The monoisotopic (exact) mass is 507 g/mol. The molecule has 0 fully saturated rings. The number of methoxy groups -OCH3 is 1. The molecule has 6 heteroatoms. The fourth-order valence-corrected chi connectivity index (χ4v) is 9.02. The molecular formula is C27H59NO3P2. The Balaban J connectivity index is 4.72. The van der Waals surface area contributed by atoms with Crippen molar-refractivity contribution in [1.29, 1.82) is 0 Å². The van der Waals surface area contributed by atoms with Crippen molar-refractivity contribution in [1.82, 2.24) is 4.90 Å². The van der Waals surface area contributed by atoms with Gasteiger partial charge in [-0.2, -0.15) is 0 Å². The smallest absolute Gasteiger partial charge is 0.0593 e. The van der Waals surface area contributed by atoms with Crippen molar-refractivity contribution in [2.75, 3.05) is 96.7 Å². The van der Waals surface area contributed by atoms with Crippen molar-refractivity contribution in [3.8, 4) is 0 Å². The molecule has 4 nitrogen and oxygen atoms in total. The van der Waals surface area contributed by atoms with Gasteiger partial charge in [-0.3, -0.25) is 0 Å². The molecule has 0 aliphatic heterocycles. The topological polar surface area (TPSA) is 30.9 Å². The highest BCUT2D eigenvalue weighted by atomic mass is 31.1. The Morgan fingerprint density at radius 1 is 0.515 bits per heavy atom. The molecule has 0 aliphatic carbocycles. The first-order valence-electron chi connectivity index (χ1n) is 14.0. The van der Waals surface area contributed by atoms with Crippen LogP contribution >= 0.6 is 15.8 Å². The Hall–Kier alpha value is 0.700. The van der Waals surface area contributed by atoms with Gasteiger partial charge in [0.1, 0.15) is 0 Å². The molecule has 0 aliphatic rings. The second kappa shape index (κ2) is 27.3. The maximum absolute atomic E-state index is 5.74. The highest BCUT2D eigenvalue weighted by molar-refractivity contribution is 7.57. The lowest BCUT2D eigenvalue weighted by Crippen LogP contribution is -2.33. The highest BCUT2D eigenvalue weighted by Gasteiger charge is 2.14. The van der Waals surface area contributed by atoms with E-state index >= 15 is 0 Å². The minimum Gasteiger partial charge on any atom is -0.385 e. The average molecular weight is 508 g/mol. The molecule has 0 rings (SSSR count). The van der Waals surface area contributed by atoms with Crippen LogP contribution in [0.5, 0.6) is 0 Å². The Morgan fingerprint density at radius 3 is 1.48 bits per heavy atom. The molecule has 0 radical (unpaired) electrons. The standard InChI is InChI=1S/C27H59NO3P2/c1-6-10-12-22-32(23-13-11-7-2)26-17-28(16-21-31-9-4)18-27-33(24-14-19-29-5)25-15-20-30-8-3/h6-27H2,1-5H3.